The van der Waals surface area contributed by atoms with Crippen molar-refractivity contribution in [2.45, 2.75) is 32.2 Å². The Morgan fingerprint density at radius 1 is 1.33 bits per heavy atom. The van der Waals surface area contributed by atoms with Gasteiger partial charge in [0.25, 0.3) is 0 Å². The fraction of sp³-hybridized carbons (Fsp3) is 0.571. The number of halogens is 1. The molecule has 0 saturated heterocycles. The zero-order chi connectivity index (χ0) is 13.5. The molecule has 3 nitrogen and oxygen atoms in total. The SMILES string of the molecule is CC(N)c1cccc(F)c1N(C)CCCCCO. The van der Waals surface area contributed by atoms with Gasteiger partial charge in [0.2, 0.25) is 0 Å². The highest BCUT2D eigenvalue weighted by atomic mass is 19.1. The number of unbranched alkanes of at least 4 members (excludes halogenated alkanes) is 2. The first-order valence-electron chi connectivity index (χ1n) is 6.44. The molecule has 0 heterocycles. The molecule has 0 aliphatic rings. The lowest BCUT2D eigenvalue weighted by molar-refractivity contribution is 0.283. The van der Waals surface area contributed by atoms with Crippen LogP contribution in [0, 0.1) is 5.82 Å². The van der Waals surface area contributed by atoms with Crippen molar-refractivity contribution in [1.82, 2.24) is 0 Å². The Kier molecular flexibility index (Phi) is 6.09. The number of nitrogens with two attached hydrogens (primary N) is 1. The van der Waals surface area contributed by atoms with Crippen molar-refractivity contribution in [2.24, 2.45) is 5.73 Å². The maximum absolute atomic E-state index is 13.9. The molecular weight excluding hydrogens is 231 g/mol. The Hall–Kier alpha value is -1.13. The van der Waals surface area contributed by atoms with Gasteiger partial charge in [-0.05, 0) is 37.8 Å². The highest BCUT2D eigenvalue weighted by molar-refractivity contribution is 5.55. The van der Waals surface area contributed by atoms with Gasteiger partial charge in [-0.25, -0.2) is 4.39 Å². The first kappa shape index (κ1) is 14.9. The first-order chi connectivity index (χ1) is 8.57. The van der Waals surface area contributed by atoms with Crippen LogP contribution >= 0.6 is 0 Å². The summed E-state index contributed by atoms with van der Waals surface area (Å²) in [6, 6.07) is 4.84. The van der Waals surface area contributed by atoms with Gasteiger partial charge >= 0.3 is 0 Å². The fourth-order valence-corrected chi connectivity index (χ4v) is 2.05. The van der Waals surface area contributed by atoms with Crippen molar-refractivity contribution in [1.29, 1.82) is 0 Å². The summed E-state index contributed by atoms with van der Waals surface area (Å²) in [6.07, 6.45) is 2.68. The largest absolute Gasteiger partial charge is 0.396 e. The summed E-state index contributed by atoms with van der Waals surface area (Å²) in [4.78, 5) is 1.91. The van der Waals surface area contributed by atoms with Gasteiger partial charge < -0.3 is 15.7 Å². The molecule has 1 atom stereocenters. The highest BCUT2D eigenvalue weighted by Gasteiger charge is 2.14. The van der Waals surface area contributed by atoms with Crippen molar-refractivity contribution >= 4 is 5.69 Å². The van der Waals surface area contributed by atoms with Gasteiger partial charge in [0.05, 0.1) is 5.69 Å². The molecule has 1 aromatic carbocycles. The summed E-state index contributed by atoms with van der Waals surface area (Å²) in [7, 11) is 1.88. The van der Waals surface area contributed by atoms with E-state index in [-0.39, 0.29) is 18.5 Å². The second-order valence-corrected chi connectivity index (χ2v) is 4.67. The number of para-hydroxylation sites is 1. The van der Waals surface area contributed by atoms with Gasteiger partial charge in [-0.3, -0.25) is 0 Å². The van der Waals surface area contributed by atoms with E-state index in [4.69, 9.17) is 10.8 Å². The van der Waals surface area contributed by atoms with E-state index in [0.717, 1.165) is 31.4 Å². The summed E-state index contributed by atoms with van der Waals surface area (Å²) in [5, 5.41) is 8.72. The summed E-state index contributed by atoms with van der Waals surface area (Å²) < 4.78 is 13.9. The molecule has 102 valence electrons. The summed E-state index contributed by atoms with van der Waals surface area (Å²) >= 11 is 0. The van der Waals surface area contributed by atoms with Gasteiger partial charge in [-0.15, -0.1) is 0 Å². The number of hydrogen-bond donors (Lipinski definition) is 2. The normalized spacial score (nSPS) is 12.5. The molecule has 1 unspecified atom stereocenters. The van der Waals surface area contributed by atoms with Crippen molar-refractivity contribution in [3.63, 3.8) is 0 Å². The third kappa shape index (κ3) is 3.96. The smallest absolute Gasteiger partial charge is 0.146 e. The van der Waals surface area contributed by atoms with E-state index in [1.165, 1.54) is 6.07 Å². The van der Waals surface area contributed by atoms with Gasteiger partial charge in [-0.2, -0.15) is 0 Å². The van der Waals surface area contributed by atoms with Gasteiger partial charge in [0.15, 0.2) is 0 Å². The maximum atomic E-state index is 13.9. The van der Waals surface area contributed by atoms with E-state index in [1.54, 1.807) is 6.07 Å². The molecular formula is C14H23FN2O. The zero-order valence-electron chi connectivity index (χ0n) is 11.2. The Balaban J connectivity index is 2.74. The van der Waals surface area contributed by atoms with Crippen LogP contribution in [0.4, 0.5) is 10.1 Å². The summed E-state index contributed by atoms with van der Waals surface area (Å²) in [5.74, 6) is -0.227. The lowest BCUT2D eigenvalue weighted by Crippen LogP contribution is -2.23. The average molecular weight is 254 g/mol. The van der Waals surface area contributed by atoms with Crippen molar-refractivity contribution in [3.8, 4) is 0 Å². The second-order valence-electron chi connectivity index (χ2n) is 4.67. The third-order valence-electron chi connectivity index (χ3n) is 3.04. The van der Waals surface area contributed by atoms with E-state index in [0.29, 0.717) is 5.69 Å². The molecule has 3 N–H and O–H groups in total. The molecule has 18 heavy (non-hydrogen) atoms. The molecule has 4 heteroatoms. The lowest BCUT2D eigenvalue weighted by Gasteiger charge is -2.24. The molecule has 0 saturated carbocycles. The fourth-order valence-electron chi connectivity index (χ4n) is 2.05. The molecule has 0 fully saturated rings. The van der Waals surface area contributed by atoms with Crippen molar-refractivity contribution in [3.05, 3.63) is 29.6 Å². The van der Waals surface area contributed by atoms with Crippen LogP contribution < -0.4 is 10.6 Å². The van der Waals surface area contributed by atoms with E-state index >= 15 is 0 Å². The number of nitrogens with zero attached hydrogens (tertiary/aromatic N) is 1. The molecule has 0 radical (unpaired) electrons. The average Bonchev–Trinajstić information content (AvgIpc) is 2.34. The Bertz CT molecular complexity index is 369. The minimum absolute atomic E-state index is 0.185. The number of anilines is 1. The molecule has 0 amide bonds. The molecule has 0 aliphatic carbocycles. The van der Waals surface area contributed by atoms with Crippen LogP contribution in [0.5, 0.6) is 0 Å². The predicted octanol–water partition coefficient (Wildman–Crippen LogP) is 2.44. The minimum Gasteiger partial charge on any atom is -0.396 e. The van der Waals surface area contributed by atoms with Crippen LogP contribution in [-0.4, -0.2) is 25.3 Å². The van der Waals surface area contributed by atoms with Crippen molar-refractivity contribution < 1.29 is 9.50 Å². The van der Waals surface area contributed by atoms with E-state index in [2.05, 4.69) is 0 Å². The van der Waals surface area contributed by atoms with Gasteiger partial charge in [0.1, 0.15) is 5.82 Å². The standard InChI is InChI=1S/C14H23FN2O/c1-11(16)12-7-6-8-13(15)14(12)17(2)9-4-3-5-10-18/h6-8,11,18H,3-5,9-10,16H2,1-2H3. The number of hydrogen-bond acceptors (Lipinski definition) is 3. The van der Waals surface area contributed by atoms with E-state index in [9.17, 15) is 4.39 Å². The van der Waals surface area contributed by atoms with E-state index < -0.39 is 0 Å². The lowest BCUT2D eigenvalue weighted by atomic mass is 10.1. The van der Waals surface area contributed by atoms with Crippen LogP contribution in [-0.2, 0) is 0 Å². The molecule has 0 aliphatic heterocycles. The molecule has 0 spiro atoms. The second kappa shape index (κ2) is 7.34. The monoisotopic (exact) mass is 254 g/mol. The molecule has 1 aromatic rings. The van der Waals surface area contributed by atoms with Crippen LogP contribution in [0.25, 0.3) is 0 Å². The quantitative estimate of drug-likeness (QED) is 0.735. The highest BCUT2D eigenvalue weighted by Crippen LogP contribution is 2.27. The number of rotatable bonds is 7. The Morgan fingerprint density at radius 2 is 2.06 bits per heavy atom. The first-order valence-corrected chi connectivity index (χ1v) is 6.44. The van der Waals surface area contributed by atoms with Crippen molar-refractivity contribution in [2.75, 3.05) is 25.1 Å². The van der Waals surface area contributed by atoms with Crippen LogP contribution in [0.2, 0.25) is 0 Å². The van der Waals surface area contributed by atoms with Crippen LogP contribution in [0.1, 0.15) is 37.8 Å². The molecule has 0 bridgehead atoms. The number of aliphatic hydroxyl groups is 1. The molecule has 0 aromatic heterocycles. The van der Waals surface area contributed by atoms with E-state index in [1.807, 2.05) is 24.9 Å². The zero-order valence-corrected chi connectivity index (χ0v) is 11.2. The topological polar surface area (TPSA) is 49.5 Å². The van der Waals surface area contributed by atoms with Gasteiger partial charge in [0, 0.05) is 26.2 Å². The number of aliphatic hydroxyl groups excluding tert-OH is 1. The van der Waals surface area contributed by atoms with Crippen LogP contribution in [0.3, 0.4) is 0 Å². The Morgan fingerprint density at radius 3 is 2.67 bits per heavy atom. The minimum atomic E-state index is -0.227. The third-order valence-corrected chi connectivity index (χ3v) is 3.04. The van der Waals surface area contributed by atoms with Crippen LogP contribution in [0.15, 0.2) is 18.2 Å². The predicted molar refractivity (Wildman–Crippen MR) is 73.2 cm³/mol. The van der Waals surface area contributed by atoms with Gasteiger partial charge in [-0.1, -0.05) is 12.1 Å². The number of benzene rings is 1. The summed E-state index contributed by atoms with van der Waals surface area (Å²) in [6.45, 7) is 2.84. The maximum Gasteiger partial charge on any atom is 0.146 e. The summed E-state index contributed by atoms with van der Waals surface area (Å²) in [5.41, 5.74) is 7.30. The Labute approximate surface area is 108 Å². The molecule has 1 rings (SSSR count).